The second-order valence-electron chi connectivity index (χ2n) is 17.6. The van der Waals surface area contributed by atoms with Gasteiger partial charge in [0.1, 0.15) is 5.82 Å². The third-order valence-electron chi connectivity index (χ3n) is 13.9. The largest absolute Gasteiger partial charge is 0.309 e. The fourth-order valence-electron chi connectivity index (χ4n) is 11.0. The first-order valence-electron chi connectivity index (χ1n) is 27.2. The van der Waals surface area contributed by atoms with Crippen molar-refractivity contribution in [2.24, 2.45) is 0 Å². The average molecular weight is 901 g/mol. The Morgan fingerprint density at radius 2 is 0.814 bits per heavy atom. The van der Waals surface area contributed by atoms with Crippen molar-refractivity contribution in [1.29, 1.82) is 0 Å². The minimum atomic E-state index is -0.534. The molecule has 0 aliphatic carbocycles. The summed E-state index contributed by atoms with van der Waals surface area (Å²) in [6.07, 6.45) is 0. The standard InChI is InChI=1S/C64H40N6/c1-2-19-42(20-3-1)67-53-29-11-10-27-50(53)51-39-41(37-38-60(51)67)43-28-18-36-61(68-54-30-12-4-21-44(54)45-22-5-13-31-55(45)68)63(43)52-40-62(69-56-32-14-6-23-46(56)47-24-7-15-33-57(47)69)66-64(65-52)70-58-34-16-8-25-48(58)49-26-9-17-35-59(49)70/h1-40H/i8D,9D,16D,17D,25D,26D,34D,35D. The van der Waals surface area contributed by atoms with Crippen LogP contribution in [-0.2, 0) is 0 Å². The third-order valence-corrected chi connectivity index (χ3v) is 13.9. The molecule has 0 aliphatic rings. The number of hydrogen-bond donors (Lipinski definition) is 0. The lowest BCUT2D eigenvalue weighted by Gasteiger charge is -2.20. The topological polar surface area (TPSA) is 45.5 Å². The van der Waals surface area contributed by atoms with Crippen LogP contribution in [0.15, 0.2) is 242 Å². The zero-order valence-electron chi connectivity index (χ0n) is 45.2. The summed E-state index contributed by atoms with van der Waals surface area (Å²) in [5.74, 6) is 0.345. The highest BCUT2D eigenvalue weighted by molar-refractivity contribution is 6.14. The van der Waals surface area contributed by atoms with E-state index in [0.29, 0.717) is 17.1 Å². The van der Waals surface area contributed by atoms with Gasteiger partial charge in [-0.05, 0) is 83.9 Å². The van der Waals surface area contributed by atoms with Crippen LogP contribution in [0, 0.1) is 0 Å². The number of nitrogens with zero attached hydrogens (tertiary/aromatic N) is 6. The highest BCUT2D eigenvalue weighted by atomic mass is 15.2. The molecule has 10 aromatic carbocycles. The van der Waals surface area contributed by atoms with Crippen LogP contribution in [0.5, 0.6) is 0 Å². The van der Waals surface area contributed by atoms with Crippen LogP contribution in [-0.4, -0.2) is 28.2 Å². The molecule has 326 valence electrons. The van der Waals surface area contributed by atoms with E-state index in [0.717, 1.165) is 87.9 Å². The lowest BCUT2D eigenvalue weighted by atomic mass is 9.94. The molecule has 0 amide bonds. The Morgan fingerprint density at radius 1 is 0.329 bits per heavy atom. The van der Waals surface area contributed by atoms with Crippen molar-refractivity contribution in [2.75, 3.05) is 0 Å². The Hall–Kier alpha value is -9.52. The molecule has 0 saturated carbocycles. The predicted octanol–water partition coefficient (Wildman–Crippen LogP) is 16.2. The smallest absolute Gasteiger partial charge is 0.237 e. The molecule has 0 N–H and O–H groups in total. The fourth-order valence-corrected chi connectivity index (χ4v) is 11.0. The van der Waals surface area contributed by atoms with Gasteiger partial charge in [0.05, 0.1) is 66.5 Å². The van der Waals surface area contributed by atoms with Crippen molar-refractivity contribution in [1.82, 2.24) is 28.2 Å². The monoisotopic (exact) mass is 900 g/mol. The van der Waals surface area contributed by atoms with Crippen molar-refractivity contribution in [3.8, 4) is 45.5 Å². The summed E-state index contributed by atoms with van der Waals surface area (Å²) < 4.78 is 81.3. The fraction of sp³-hybridized carbons (Fsp3) is 0. The maximum atomic E-state index is 9.54. The molecule has 0 fully saturated rings. The summed E-state index contributed by atoms with van der Waals surface area (Å²) in [5, 5.41) is 6.06. The Balaban J connectivity index is 1.13. The lowest BCUT2D eigenvalue weighted by Crippen LogP contribution is -2.09. The zero-order chi connectivity index (χ0) is 52.8. The van der Waals surface area contributed by atoms with Gasteiger partial charge in [-0.25, -0.2) is 4.98 Å². The first-order valence-corrected chi connectivity index (χ1v) is 23.2. The normalized spacial score (nSPS) is 13.6. The van der Waals surface area contributed by atoms with Crippen LogP contribution < -0.4 is 0 Å². The molecule has 0 saturated heterocycles. The first-order chi connectivity index (χ1) is 38.1. The van der Waals surface area contributed by atoms with Crippen molar-refractivity contribution in [2.45, 2.75) is 0 Å². The number of benzene rings is 10. The molecule has 0 unspecified atom stereocenters. The second-order valence-corrected chi connectivity index (χ2v) is 17.6. The second kappa shape index (κ2) is 15.0. The molecule has 15 rings (SSSR count). The molecule has 0 bridgehead atoms. The molecule has 6 nitrogen and oxygen atoms in total. The summed E-state index contributed by atoms with van der Waals surface area (Å²) in [5.41, 5.74) is 10.3. The lowest BCUT2D eigenvalue weighted by molar-refractivity contribution is 0.951. The number of aromatic nitrogens is 6. The average Bonchev–Trinajstić information content (AvgIpc) is 4.38. The Labute approximate surface area is 413 Å². The first kappa shape index (κ1) is 31.5. The van der Waals surface area contributed by atoms with E-state index >= 15 is 0 Å². The minimum absolute atomic E-state index is 0.0650. The van der Waals surface area contributed by atoms with Crippen LogP contribution in [0.2, 0.25) is 0 Å². The van der Waals surface area contributed by atoms with Gasteiger partial charge in [0.2, 0.25) is 5.95 Å². The molecule has 0 aliphatic heterocycles. The molecule has 5 heterocycles. The van der Waals surface area contributed by atoms with Crippen molar-refractivity contribution >= 4 is 87.2 Å². The molecular formula is C64H40N6. The van der Waals surface area contributed by atoms with Gasteiger partial charge in [0.25, 0.3) is 0 Å². The molecular weight excluding hydrogens is 853 g/mol. The van der Waals surface area contributed by atoms with Crippen molar-refractivity contribution < 1.29 is 11.0 Å². The highest BCUT2D eigenvalue weighted by Gasteiger charge is 2.25. The van der Waals surface area contributed by atoms with Gasteiger partial charge in [-0.15, -0.1) is 0 Å². The van der Waals surface area contributed by atoms with E-state index in [1.165, 1.54) is 4.57 Å². The maximum absolute atomic E-state index is 9.54. The maximum Gasteiger partial charge on any atom is 0.237 e. The molecule has 15 aromatic rings. The van der Waals surface area contributed by atoms with Crippen molar-refractivity contribution in [3.63, 3.8) is 0 Å². The van der Waals surface area contributed by atoms with E-state index in [1.54, 1.807) is 0 Å². The number of fused-ring (bicyclic) bond motifs is 12. The molecule has 5 aromatic heterocycles. The Bertz CT molecular complexity index is 4910. The Kier molecular flexibility index (Phi) is 6.74. The van der Waals surface area contributed by atoms with Crippen LogP contribution in [0.4, 0.5) is 0 Å². The van der Waals surface area contributed by atoms with E-state index in [1.807, 2.05) is 84.9 Å². The van der Waals surface area contributed by atoms with E-state index in [9.17, 15) is 5.48 Å². The van der Waals surface area contributed by atoms with Gasteiger partial charge >= 0.3 is 0 Å². The van der Waals surface area contributed by atoms with Crippen molar-refractivity contribution in [3.05, 3.63) is 242 Å². The number of hydrogen-bond acceptors (Lipinski definition) is 2. The van der Waals surface area contributed by atoms with Crippen LogP contribution in [0.1, 0.15) is 11.0 Å². The summed E-state index contributed by atoms with van der Waals surface area (Å²) in [7, 11) is 0. The van der Waals surface area contributed by atoms with Gasteiger partial charge in [-0.3, -0.25) is 9.13 Å². The van der Waals surface area contributed by atoms with Gasteiger partial charge in [0, 0.05) is 60.4 Å². The molecule has 70 heavy (non-hydrogen) atoms. The molecule has 0 atom stereocenters. The SMILES string of the molecule is [2H]c1c([2H])c([2H])c2c(c1[2H])c1c([2H])c([2H])c([2H])c([2H])c1n2-c1nc(-c2c(-c3ccc4c(c3)c3ccccc3n4-c3ccccc3)cccc2-n2c3ccccc3c3ccccc32)cc(-n2c3ccccc3c3ccccc32)n1. The minimum Gasteiger partial charge on any atom is -0.309 e. The van der Waals surface area contributed by atoms with Crippen LogP contribution in [0.3, 0.4) is 0 Å². The van der Waals surface area contributed by atoms with Crippen LogP contribution in [0.25, 0.3) is 133 Å². The zero-order valence-corrected chi connectivity index (χ0v) is 37.2. The van der Waals surface area contributed by atoms with Gasteiger partial charge in [-0.1, -0.05) is 164 Å². The number of para-hydroxylation sites is 8. The van der Waals surface area contributed by atoms with E-state index in [-0.39, 0.29) is 27.8 Å². The molecule has 0 spiro atoms. The van der Waals surface area contributed by atoms with E-state index in [2.05, 4.69) is 123 Å². The van der Waals surface area contributed by atoms with E-state index in [4.69, 9.17) is 15.5 Å². The quantitative estimate of drug-likeness (QED) is 0.167. The van der Waals surface area contributed by atoms with Gasteiger partial charge < -0.3 is 9.13 Å². The summed E-state index contributed by atoms with van der Waals surface area (Å²) >= 11 is 0. The van der Waals surface area contributed by atoms with Gasteiger partial charge in [-0.2, -0.15) is 4.98 Å². The van der Waals surface area contributed by atoms with Gasteiger partial charge in [0.15, 0.2) is 0 Å². The summed E-state index contributed by atoms with van der Waals surface area (Å²) in [6.45, 7) is 0. The summed E-state index contributed by atoms with van der Waals surface area (Å²) in [4.78, 5) is 10.9. The predicted molar refractivity (Wildman–Crippen MR) is 290 cm³/mol. The molecule has 6 heteroatoms. The molecule has 0 radical (unpaired) electrons. The van der Waals surface area contributed by atoms with Crippen LogP contribution >= 0.6 is 0 Å². The Morgan fingerprint density at radius 3 is 1.40 bits per heavy atom. The van der Waals surface area contributed by atoms with E-state index < -0.39 is 48.3 Å². The number of rotatable bonds is 6. The summed E-state index contributed by atoms with van der Waals surface area (Å²) in [6, 6.07) is 62.4. The highest BCUT2D eigenvalue weighted by Crippen LogP contribution is 2.44. The third kappa shape index (κ3) is 5.56.